The predicted molar refractivity (Wildman–Crippen MR) is 264 cm³/mol. The number of hydrogen-bond donors (Lipinski definition) is 6. The van der Waals surface area contributed by atoms with Gasteiger partial charge < -0.3 is 39.5 Å². The van der Waals surface area contributed by atoms with E-state index >= 15 is 0 Å². The van der Waals surface area contributed by atoms with E-state index in [4.69, 9.17) is 23.8 Å². The number of esters is 2. The van der Waals surface area contributed by atoms with E-state index in [2.05, 4.69) is 58.5 Å². The van der Waals surface area contributed by atoms with Crippen molar-refractivity contribution in [1.29, 1.82) is 0 Å². The van der Waals surface area contributed by atoms with Gasteiger partial charge in [0.05, 0.1) is 32.0 Å². The number of aliphatic hydroxyl groups excluding tert-OH is 3. The highest BCUT2D eigenvalue weighted by atomic mass is 31.2. The maximum Gasteiger partial charge on any atom is 0.472 e. The van der Waals surface area contributed by atoms with Gasteiger partial charge in [-0.2, -0.15) is 0 Å². The summed E-state index contributed by atoms with van der Waals surface area (Å²) in [6, 6.07) is 0. The van der Waals surface area contributed by atoms with Gasteiger partial charge in [0, 0.05) is 12.8 Å². The molecule has 0 aliphatic carbocycles. The zero-order valence-electron chi connectivity index (χ0n) is 39.4. The van der Waals surface area contributed by atoms with E-state index < -0.39 is 78.4 Å². The van der Waals surface area contributed by atoms with Crippen LogP contribution in [0.4, 0.5) is 0 Å². The summed E-state index contributed by atoms with van der Waals surface area (Å²) < 4.78 is 47.6. The molecule has 17 heteroatoms. The Labute approximate surface area is 399 Å². The highest BCUT2D eigenvalue weighted by molar-refractivity contribution is 7.47. The number of ether oxygens (including phenoxy) is 2. The normalized spacial score (nSPS) is 16.0. The van der Waals surface area contributed by atoms with E-state index in [0.29, 0.717) is 38.5 Å². The molecule has 0 rings (SSSR count). The number of carbonyl (C=O) groups excluding carboxylic acids is 2. The maximum atomic E-state index is 12.7. The topological polar surface area (TPSA) is 236 Å². The molecule has 0 aliphatic rings. The van der Waals surface area contributed by atoms with Gasteiger partial charge in [-0.15, -0.1) is 0 Å². The third kappa shape index (κ3) is 47.1. The predicted octanol–water partition coefficient (Wildman–Crippen LogP) is 10.2. The van der Waals surface area contributed by atoms with E-state index in [0.717, 1.165) is 32.1 Å². The minimum Gasteiger partial charge on any atom is -0.462 e. The first-order valence-electron chi connectivity index (χ1n) is 23.1. The second-order valence-electron chi connectivity index (χ2n) is 15.0. The van der Waals surface area contributed by atoms with E-state index in [9.17, 15) is 38.9 Å². The lowest BCUT2D eigenvalue weighted by molar-refractivity contribution is -0.161. The quantitative estimate of drug-likeness (QED) is 0.0110. The second-order valence-corrected chi connectivity index (χ2v) is 17.7. The van der Waals surface area contributed by atoms with Crippen LogP contribution < -0.4 is 0 Å². The van der Waals surface area contributed by atoms with Gasteiger partial charge in [-0.1, -0.05) is 160 Å². The molecule has 0 saturated heterocycles. The summed E-state index contributed by atoms with van der Waals surface area (Å²) in [4.78, 5) is 52.8. The summed E-state index contributed by atoms with van der Waals surface area (Å²) in [5.41, 5.74) is 0. The molecule has 0 aliphatic heterocycles. The Morgan fingerprint density at radius 1 is 0.522 bits per heavy atom. The fourth-order valence-corrected chi connectivity index (χ4v) is 6.34. The van der Waals surface area contributed by atoms with Crippen molar-refractivity contribution in [2.75, 3.05) is 26.4 Å². The van der Waals surface area contributed by atoms with Crippen molar-refractivity contribution in [1.82, 2.24) is 0 Å². The molecule has 0 aromatic heterocycles. The number of unbranched alkanes of at least 4 members (excludes halogenated alkanes) is 4. The Balaban J connectivity index is 4.86. The van der Waals surface area contributed by atoms with Crippen LogP contribution in [-0.2, 0) is 41.8 Å². The molecule has 0 amide bonds. The number of allylic oxidation sites excluding steroid dienone is 18. The number of hydrogen-bond acceptors (Lipinski definition) is 12. The average Bonchev–Trinajstić information content (AvgIpc) is 3.28. The van der Waals surface area contributed by atoms with Crippen LogP contribution in [-0.4, -0.2) is 92.8 Å². The summed E-state index contributed by atoms with van der Waals surface area (Å²) in [5.74, 6) is -1.33. The Bertz CT molecular complexity index is 1720. The van der Waals surface area contributed by atoms with Crippen molar-refractivity contribution < 1.29 is 71.8 Å². The molecular formula is C50H78O15P2. The zero-order chi connectivity index (χ0) is 49.7. The number of phosphoric ester groups is 2. The van der Waals surface area contributed by atoms with E-state index in [1.165, 1.54) is 19.3 Å². The highest BCUT2D eigenvalue weighted by Gasteiger charge is 2.28. The van der Waals surface area contributed by atoms with Gasteiger partial charge in [-0.05, 0) is 77.0 Å². The Morgan fingerprint density at radius 3 is 1.69 bits per heavy atom. The molecule has 5 atom stereocenters. The molecular weight excluding hydrogens is 902 g/mol. The Hall–Kier alpha value is -3.82. The lowest BCUT2D eigenvalue weighted by atomic mass is 10.2. The summed E-state index contributed by atoms with van der Waals surface area (Å²) in [6.45, 7) is 1.22. The van der Waals surface area contributed by atoms with Crippen LogP contribution in [0.2, 0.25) is 0 Å². The third-order valence-corrected chi connectivity index (χ3v) is 10.1. The van der Waals surface area contributed by atoms with Crippen molar-refractivity contribution in [3.8, 4) is 0 Å². The average molecular weight is 981 g/mol. The monoisotopic (exact) mass is 980 g/mol. The van der Waals surface area contributed by atoms with Gasteiger partial charge in [0.15, 0.2) is 6.10 Å². The van der Waals surface area contributed by atoms with Crippen LogP contribution in [0.3, 0.4) is 0 Å². The molecule has 0 heterocycles. The first-order valence-corrected chi connectivity index (χ1v) is 26.1. The summed E-state index contributed by atoms with van der Waals surface area (Å²) in [7, 11) is -9.79. The van der Waals surface area contributed by atoms with Gasteiger partial charge in [0.1, 0.15) is 12.7 Å². The van der Waals surface area contributed by atoms with Gasteiger partial charge in [-0.3, -0.25) is 23.2 Å². The fourth-order valence-electron chi connectivity index (χ4n) is 5.19. The van der Waals surface area contributed by atoms with Crippen molar-refractivity contribution in [3.05, 3.63) is 134 Å². The fraction of sp³-hybridized carbons (Fsp3) is 0.520. The molecule has 0 aromatic carbocycles. The van der Waals surface area contributed by atoms with Gasteiger partial charge in [0.25, 0.3) is 0 Å². The minimum absolute atomic E-state index is 0.0154. The molecule has 6 N–H and O–H groups in total. The van der Waals surface area contributed by atoms with E-state index in [-0.39, 0.29) is 12.8 Å². The molecule has 0 saturated carbocycles. The molecule has 0 aromatic rings. The molecule has 1 unspecified atom stereocenters. The van der Waals surface area contributed by atoms with Crippen LogP contribution in [0.5, 0.6) is 0 Å². The highest BCUT2D eigenvalue weighted by Crippen LogP contribution is 2.43. The molecule has 378 valence electrons. The molecule has 0 fully saturated rings. The van der Waals surface area contributed by atoms with Crippen molar-refractivity contribution >= 4 is 27.6 Å². The number of rotatable bonds is 41. The van der Waals surface area contributed by atoms with Crippen molar-refractivity contribution in [2.24, 2.45) is 0 Å². The lowest BCUT2D eigenvalue weighted by Crippen LogP contribution is -2.29. The number of phosphoric acid groups is 2. The second kappa shape index (κ2) is 43.5. The minimum atomic E-state index is -4.90. The number of carbonyl (C=O) groups is 2. The van der Waals surface area contributed by atoms with Crippen LogP contribution in [0, 0.1) is 0 Å². The molecule has 0 spiro atoms. The first kappa shape index (κ1) is 63.2. The zero-order valence-corrected chi connectivity index (χ0v) is 41.2. The standard InChI is InChI=1S/C50H78O15P2/c1-3-5-7-8-9-10-11-12-13-14-15-16-17-18-19-20-24-27-33-40-50(55)65-48(44-64-67(59,60)63-42-47(53)41-62-66(56,57)58)43-61-49(54)39-34-28-32-38-46(52)37-31-26-23-21-22-25-30-36-45(51)35-29-6-4-2/h6,9-10,12-13,15-16,18-19,22-27,29-32,36-38,45-48,51-53H,3-5,7-8,11,14,17,20-21,28,33-35,39-44H2,1-2H3,(H,59,60)(H2,56,57,58)/b10-9-,13-12-,16-15-,19-18-,25-22-,26-23-,27-24-,29-6-,36-30+,37-31+,38-32-/t45-,46-,47+,48-/m1/s1. The molecule has 15 nitrogen and oxygen atoms in total. The third-order valence-electron chi connectivity index (χ3n) is 8.70. The maximum absolute atomic E-state index is 12.7. The van der Waals surface area contributed by atoms with Gasteiger partial charge >= 0.3 is 27.6 Å². The van der Waals surface area contributed by atoms with Crippen LogP contribution in [0.1, 0.15) is 117 Å². The van der Waals surface area contributed by atoms with Crippen LogP contribution in [0.15, 0.2) is 134 Å². The van der Waals surface area contributed by atoms with E-state index in [1.54, 1.807) is 42.5 Å². The molecule has 0 bridgehead atoms. The summed E-state index contributed by atoms with van der Waals surface area (Å²) in [6.07, 6.45) is 49.6. The molecule has 67 heavy (non-hydrogen) atoms. The summed E-state index contributed by atoms with van der Waals surface area (Å²) >= 11 is 0. The first-order chi connectivity index (χ1) is 32.2. The van der Waals surface area contributed by atoms with E-state index in [1.807, 2.05) is 55.5 Å². The largest absolute Gasteiger partial charge is 0.472 e. The number of aliphatic hydroxyl groups is 3. The van der Waals surface area contributed by atoms with Gasteiger partial charge in [-0.25, -0.2) is 9.13 Å². The Kier molecular flexibility index (Phi) is 41.0. The van der Waals surface area contributed by atoms with Crippen LogP contribution in [0.25, 0.3) is 0 Å². The van der Waals surface area contributed by atoms with Gasteiger partial charge in [0.2, 0.25) is 0 Å². The summed E-state index contributed by atoms with van der Waals surface area (Å²) in [5, 5.41) is 29.8. The SMILES string of the molecule is CC/C=C\C[C@@H](O)/C=C/C=C\C/C=C\C=C\[C@@H](O)/C=C\CCCC(=O)OC[C@H](COP(=O)(O)OC[C@@H](O)COP(=O)(O)O)OC(=O)CC/C=C\C/C=C\C/C=C\C/C=C\C/C=C\CCCCC. The van der Waals surface area contributed by atoms with Crippen molar-refractivity contribution in [3.63, 3.8) is 0 Å². The molecule has 0 radical (unpaired) electrons. The smallest absolute Gasteiger partial charge is 0.462 e. The Morgan fingerprint density at radius 2 is 1.07 bits per heavy atom. The van der Waals surface area contributed by atoms with Crippen LogP contribution >= 0.6 is 15.6 Å². The van der Waals surface area contributed by atoms with Crippen molar-refractivity contribution in [2.45, 2.75) is 141 Å². The lowest BCUT2D eigenvalue weighted by Gasteiger charge is -2.20.